The van der Waals surface area contributed by atoms with Crippen molar-refractivity contribution in [2.45, 2.75) is 6.54 Å². The molecule has 0 atom stereocenters. The second kappa shape index (κ2) is 5.64. The summed E-state index contributed by atoms with van der Waals surface area (Å²) in [5.41, 5.74) is 2.25. The van der Waals surface area contributed by atoms with Gasteiger partial charge in [-0.2, -0.15) is 0 Å². The standard InChI is InChI=1S/C16H10ClN3O2S/c17-11-3-1-10(2-4-11)14-7-12(22-19-14)8-20-9-18-13-5-6-23-15(13)16(20)21/h1-7,9H,8H2. The lowest BCUT2D eigenvalue weighted by Crippen LogP contribution is -2.19. The van der Waals surface area contributed by atoms with Crippen molar-refractivity contribution in [2.75, 3.05) is 0 Å². The summed E-state index contributed by atoms with van der Waals surface area (Å²) in [6, 6.07) is 11.0. The van der Waals surface area contributed by atoms with E-state index in [0.717, 1.165) is 11.1 Å². The molecule has 0 unspecified atom stereocenters. The van der Waals surface area contributed by atoms with E-state index in [2.05, 4.69) is 10.1 Å². The fraction of sp³-hybridized carbons (Fsp3) is 0.0625. The third-order valence-electron chi connectivity index (χ3n) is 3.46. The van der Waals surface area contributed by atoms with Gasteiger partial charge < -0.3 is 4.52 Å². The van der Waals surface area contributed by atoms with E-state index in [1.165, 1.54) is 22.2 Å². The van der Waals surface area contributed by atoms with Crippen molar-refractivity contribution < 1.29 is 4.52 Å². The maximum atomic E-state index is 12.4. The summed E-state index contributed by atoms with van der Waals surface area (Å²) in [6.07, 6.45) is 1.53. The zero-order valence-electron chi connectivity index (χ0n) is 11.8. The number of hydrogen-bond acceptors (Lipinski definition) is 5. The van der Waals surface area contributed by atoms with Gasteiger partial charge in [-0.05, 0) is 23.6 Å². The Morgan fingerprint density at radius 3 is 2.87 bits per heavy atom. The van der Waals surface area contributed by atoms with E-state index in [0.29, 0.717) is 27.7 Å². The molecule has 0 aliphatic carbocycles. The van der Waals surface area contributed by atoms with Crippen LogP contribution in [0.15, 0.2) is 57.4 Å². The van der Waals surface area contributed by atoms with Gasteiger partial charge in [-0.3, -0.25) is 9.36 Å². The van der Waals surface area contributed by atoms with E-state index < -0.39 is 0 Å². The first-order valence-corrected chi connectivity index (χ1v) is 8.10. The average molecular weight is 344 g/mol. The van der Waals surface area contributed by atoms with Crippen molar-refractivity contribution >= 4 is 33.2 Å². The molecule has 7 heteroatoms. The van der Waals surface area contributed by atoms with Crippen LogP contribution in [0.25, 0.3) is 21.5 Å². The minimum Gasteiger partial charge on any atom is -0.359 e. The van der Waals surface area contributed by atoms with Gasteiger partial charge in [0.05, 0.1) is 18.4 Å². The molecule has 0 saturated carbocycles. The molecule has 4 aromatic rings. The molecule has 0 fully saturated rings. The second-order valence-corrected chi connectivity index (χ2v) is 6.35. The first-order valence-electron chi connectivity index (χ1n) is 6.85. The Bertz CT molecular complexity index is 1030. The molecule has 0 spiro atoms. The van der Waals surface area contributed by atoms with E-state index in [1.807, 2.05) is 29.6 Å². The first kappa shape index (κ1) is 14.2. The summed E-state index contributed by atoms with van der Waals surface area (Å²) in [7, 11) is 0. The maximum absolute atomic E-state index is 12.4. The Morgan fingerprint density at radius 2 is 2.04 bits per heavy atom. The molecule has 3 heterocycles. The van der Waals surface area contributed by atoms with Crippen molar-refractivity contribution in [1.82, 2.24) is 14.7 Å². The van der Waals surface area contributed by atoms with Crippen LogP contribution in [0.2, 0.25) is 5.02 Å². The third-order valence-corrected chi connectivity index (χ3v) is 4.60. The van der Waals surface area contributed by atoms with E-state index in [4.69, 9.17) is 16.1 Å². The zero-order chi connectivity index (χ0) is 15.8. The number of thiophene rings is 1. The molecule has 114 valence electrons. The van der Waals surface area contributed by atoms with E-state index >= 15 is 0 Å². The van der Waals surface area contributed by atoms with Gasteiger partial charge in [-0.15, -0.1) is 11.3 Å². The van der Waals surface area contributed by atoms with Crippen LogP contribution in [0.1, 0.15) is 5.76 Å². The predicted molar refractivity (Wildman–Crippen MR) is 89.9 cm³/mol. The molecule has 3 aromatic heterocycles. The molecule has 0 bridgehead atoms. The highest BCUT2D eigenvalue weighted by Crippen LogP contribution is 2.21. The molecule has 1 aromatic carbocycles. The molecule has 0 saturated heterocycles. The minimum atomic E-state index is -0.0746. The average Bonchev–Trinajstić information content (AvgIpc) is 3.20. The number of rotatable bonds is 3. The van der Waals surface area contributed by atoms with Gasteiger partial charge in [0, 0.05) is 16.7 Å². The highest BCUT2D eigenvalue weighted by atomic mass is 35.5. The lowest BCUT2D eigenvalue weighted by Gasteiger charge is -2.01. The summed E-state index contributed by atoms with van der Waals surface area (Å²) < 4.78 is 7.50. The molecule has 5 nitrogen and oxygen atoms in total. The molecular weight excluding hydrogens is 334 g/mol. The predicted octanol–water partition coefficient (Wildman–Crippen LogP) is 3.81. The van der Waals surface area contributed by atoms with Crippen molar-refractivity contribution in [3.05, 3.63) is 69.2 Å². The largest absolute Gasteiger partial charge is 0.359 e. The zero-order valence-corrected chi connectivity index (χ0v) is 13.3. The molecule has 0 aliphatic heterocycles. The molecule has 0 N–H and O–H groups in total. The quantitative estimate of drug-likeness (QED) is 0.567. The summed E-state index contributed by atoms with van der Waals surface area (Å²) in [6.45, 7) is 0.292. The van der Waals surface area contributed by atoms with Crippen LogP contribution in [0.5, 0.6) is 0 Å². The lowest BCUT2D eigenvalue weighted by atomic mass is 10.1. The molecule has 23 heavy (non-hydrogen) atoms. The lowest BCUT2D eigenvalue weighted by molar-refractivity contribution is 0.376. The Morgan fingerprint density at radius 1 is 1.22 bits per heavy atom. The molecule has 0 amide bonds. The van der Waals surface area contributed by atoms with Crippen molar-refractivity contribution in [1.29, 1.82) is 0 Å². The number of hydrogen-bond donors (Lipinski definition) is 0. The summed E-state index contributed by atoms with van der Waals surface area (Å²) >= 11 is 7.27. The number of fused-ring (bicyclic) bond motifs is 1. The summed E-state index contributed by atoms with van der Waals surface area (Å²) in [5.74, 6) is 0.592. The van der Waals surface area contributed by atoms with Gasteiger partial charge >= 0.3 is 0 Å². The van der Waals surface area contributed by atoms with Gasteiger partial charge in [0.1, 0.15) is 10.4 Å². The number of nitrogens with zero attached hydrogens (tertiary/aromatic N) is 3. The normalized spacial score (nSPS) is 11.2. The molecule has 0 aliphatic rings. The SMILES string of the molecule is O=c1c2sccc2ncn1Cc1cc(-c2ccc(Cl)cc2)no1. The Kier molecular flexibility index (Phi) is 3.48. The highest BCUT2D eigenvalue weighted by Gasteiger charge is 2.10. The van der Waals surface area contributed by atoms with Crippen molar-refractivity contribution in [2.24, 2.45) is 0 Å². The van der Waals surface area contributed by atoms with Crippen LogP contribution in [0.4, 0.5) is 0 Å². The van der Waals surface area contributed by atoms with Gasteiger partial charge in [0.2, 0.25) is 0 Å². The molecule has 0 radical (unpaired) electrons. The van der Waals surface area contributed by atoms with Gasteiger partial charge in [-0.1, -0.05) is 28.9 Å². The van der Waals surface area contributed by atoms with Gasteiger partial charge in [0.15, 0.2) is 5.76 Å². The highest BCUT2D eigenvalue weighted by molar-refractivity contribution is 7.17. The molecule has 4 rings (SSSR count). The third kappa shape index (κ3) is 2.67. The topological polar surface area (TPSA) is 60.9 Å². The minimum absolute atomic E-state index is 0.0746. The fourth-order valence-corrected chi connectivity index (χ4v) is 3.22. The van der Waals surface area contributed by atoms with E-state index in [-0.39, 0.29) is 5.56 Å². The van der Waals surface area contributed by atoms with Crippen LogP contribution in [-0.4, -0.2) is 14.7 Å². The van der Waals surface area contributed by atoms with Crippen LogP contribution >= 0.6 is 22.9 Å². The number of benzene rings is 1. The first-order chi connectivity index (χ1) is 11.2. The second-order valence-electron chi connectivity index (χ2n) is 5.00. The fourth-order valence-electron chi connectivity index (χ4n) is 2.30. The van der Waals surface area contributed by atoms with Crippen LogP contribution in [0.3, 0.4) is 0 Å². The Balaban J connectivity index is 1.65. The van der Waals surface area contributed by atoms with Crippen molar-refractivity contribution in [3.8, 4) is 11.3 Å². The van der Waals surface area contributed by atoms with E-state index in [1.54, 1.807) is 12.1 Å². The summed E-state index contributed by atoms with van der Waals surface area (Å²) in [5, 5.41) is 6.57. The van der Waals surface area contributed by atoms with Crippen LogP contribution in [0, 0.1) is 0 Å². The maximum Gasteiger partial charge on any atom is 0.271 e. The van der Waals surface area contributed by atoms with Crippen LogP contribution in [-0.2, 0) is 6.54 Å². The van der Waals surface area contributed by atoms with Crippen LogP contribution < -0.4 is 5.56 Å². The number of halogens is 1. The Labute approximate surface area is 139 Å². The van der Waals surface area contributed by atoms with E-state index in [9.17, 15) is 4.79 Å². The van der Waals surface area contributed by atoms with Crippen molar-refractivity contribution in [3.63, 3.8) is 0 Å². The van der Waals surface area contributed by atoms with Gasteiger partial charge in [-0.25, -0.2) is 4.98 Å². The number of aromatic nitrogens is 3. The molecular formula is C16H10ClN3O2S. The van der Waals surface area contributed by atoms with Gasteiger partial charge in [0.25, 0.3) is 5.56 Å². The Hall–Kier alpha value is -2.44. The smallest absolute Gasteiger partial charge is 0.271 e. The summed E-state index contributed by atoms with van der Waals surface area (Å²) in [4.78, 5) is 16.6. The monoisotopic (exact) mass is 343 g/mol.